The molecule has 106 valence electrons. The number of halogens is 1. The van der Waals surface area contributed by atoms with Crippen molar-refractivity contribution >= 4 is 11.6 Å². The maximum atomic E-state index is 6.36. The number of piperidine rings is 1. The van der Waals surface area contributed by atoms with Crippen LogP contribution in [0.15, 0.2) is 18.2 Å². The molecule has 1 fully saturated rings. The van der Waals surface area contributed by atoms with Gasteiger partial charge in [-0.1, -0.05) is 30.7 Å². The minimum Gasteiger partial charge on any atom is -0.328 e. The molecule has 2 nitrogen and oxygen atoms in total. The predicted molar refractivity (Wildman–Crippen MR) is 82.5 cm³/mol. The quantitative estimate of drug-likeness (QED) is 0.915. The number of hydrogen-bond acceptors (Lipinski definition) is 2. The summed E-state index contributed by atoms with van der Waals surface area (Å²) in [6.45, 7) is 7.58. The number of likely N-dealkylation sites (tertiary alicyclic amines) is 1. The van der Waals surface area contributed by atoms with Crippen LogP contribution < -0.4 is 5.73 Å². The molecule has 1 aromatic rings. The van der Waals surface area contributed by atoms with E-state index in [1.165, 1.54) is 24.0 Å². The summed E-state index contributed by atoms with van der Waals surface area (Å²) in [5, 5.41) is 0.911. The summed E-state index contributed by atoms with van der Waals surface area (Å²) in [6, 6.07) is 6.57. The first-order chi connectivity index (χ1) is 9.11. The van der Waals surface area contributed by atoms with Gasteiger partial charge < -0.3 is 5.73 Å². The van der Waals surface area contributed by atoms with E-state index in [1.807, 2.05) is 12.1 Å². The molecule has 1 aliphatic rings. The lowest BCUT2D eigenvalue weighted by Gasteiger charge is -2.34. The SMILES string of the molecule is CCc1cccc(Cl)c1CN1CCC(C(C)N)CC1. The van der Waals surface area contributed by atoms with Crippen molar-refractivity contribution in [1.82, 2.24) is 4.90 Å². The zero-order valence-electron chi connectivity index (χ0n) is 12.0. The first kappa shape index (κ1) is 14.8. The molecule has 0 spiro atoms. The molecule has 2 N–H and O–H groups in total. The highest BCUT2D eigenvalue weighted by Gasteiger charge is 2.22. The van der Waals surface area contributed by atoms with E-state index >= 15 is 0 Å². The number of benzene rings is 1. The Morgan fingerprint density at radius 1 is 1.37 bits per heavy atom. The minimum absolute atomic E-state index is 0.327. The van der Waals surface area contributed by atoms with Crippen LogP contribution in [0, 0.1) is 5.92 Å². The third-order valence-electron chi connectivity index (χ3n) is 4.35. The highest BCUT2D eigenvalue weighted by atomic mass is 35.5. The van der Waals surface area contributed by atoms with Gasteiger partial charge in [0.25, 0.3) is 0 Å². The molecule has 0 aromatic heterocycles. The Kier molecular flexibility index (Phi) is 5.26. The maximum Gasteiger partial charge on any atom is 0.0453 e. The van der Waals surface area contributed by atoms with Gasteiger partial charge in [-0.15, -0.1) is 0 Å². The van der Waals surface area contributed by atoms with E-state index < -0.39 is 0 Å². The van der Waals surface area contributed by atoms with Gasteiger partial charge in [0.2, 0.25) is 0 Å². The number of rotatable bonds is 4. The highest BCUT2D eigenvalue weighted by molar-refractivity contribution is 6.31. The van der Waals surface area contributed by atoms with Crippen LogP contribution in [0.3, 0.4) is 0 Å². The Morgan fingerprint density at radius 3 is 2.63 bits per heavy atom. The third-order valence-corrected chi connectivity index (χ3v) is 4.71. The summed E-state index contributed by atoms with van der Waals surface area (Å²) >= 11 is 6.36. The van der Waals surface area contributed by atoms with Gasteiger partial charge in [-0.2, -0.15) is 0 Å². The lowest BCUT2D eigenvalue weighted by molar-refractivity contribution is 0.165. The molecule has 1 heterocycles. The van der Waals surface area contributed by atoms with Crippen LogP contribution in [0.4, 0.5) is 0 Å². The molecule has 0 aliphatic carbocycles. The summed E-state index contributed by atoms with van der Waals surface area (Å²) in [5.74, 6) is 0.688. The molecule has 0 radical (unpaired) electrons. The van der Waals surface area contributed by atoms with Crippen molar-refractivity contribution in [2.45, 2.75) is 45.7 Å². The lowest BCUT2D eigenvalue weighted by Crippen LogP contribution is -2.39. The van der Waals surface area contributed by atoms with Crippen molar-refractivity contribution in [3.05, 3.63) is 34.3 Å². The molecule has 1 saturated heterocycles. The molecule has 0 amide bonds. The minimum atomic E-state index is 0.327. The lowest BCUT2D eigenvalue weighted by atomic mass is 9.90. The fourth-order valence-corrected chi connectivity index (χ4v) is 3.23. The van der Waals surface area contributed by atoms with Crippen molar-refractivity contribution in [2.75, 3.05) is 13.1 Å². The Morgan fingerprint density at radius 2 is 2.05 bits per heavy atom. The van der Waals surface area contributed by atoms with Gasteiger partial charge in [0.15, 0.2) is 0 Å². The second-order valence-corrected chi connectivity index (χ2v) is 6.11. The number of hydrogen-bond donors (Lipinski definition) is 1. The molecular formula is C16H25ClN2. The van der Waals surface area contributed by atoms with Crippen LogP contribution in [0.25, 0.3) is 0 Å². The van der Waals surface area contributed by atoms with E-state index in [0.29, 0.717) is 12.0 Å². The molecular weight excluding hydrogens is 256 g/mol. The number of nitrogens with zero attached hydrogens (tertiary/aromatic N) is 1. The topological polar surface area (TPSA) is 29.3 Å². The zero-order valence-corrected chi connectivity index (χ0v) is 12.8. The van der Waals surface area contributed by atoms with Crippen LogP contribution >= 0.6 is 11.6 Å². The fourth-order valence-electron chi connectivity index (χ4n) is 2.97. The molecule has 0 saturated carbocycles. The summed E-state index contributed by atoms with van der Waals surface area (Å²) in [6.07, 6.45) is 3.47. The maximum absolute atomic E-state index is 6.36. The third kappa shape index (κ3) is 3.71. The van der Waals surface area contributed by atoms with E-state index in [9.17, 15) is 0 Å². The summed E-state index contributed by atoms with van der Waals surface area (Å²) in [7, 11) is 0. The molecule has 0 bridgehead atoms. The van der Waals surface area contributed by atoms with Crippen molar-refractivity contribution in [3.8, 4) is 0 Å². The Hall–Kier alpha value is -0.570. The van der Waals surface area contributed by atoms with Gasteiger partial charge >= 0.3 is 0 Å². The molecule has 1 aliphatic heterocycles. The average Bonchev–Trinajstić information content (AvgIpc) is 2.41. The largest absolute Gasteiger partial charge is 0.328 e. The average molecular weight is 281 g/mol. The zero-order chi connectivity index (χ0) is 13.8. The van der Waals surface area contributed by atoms with E-state index in [4.69, 9.17) is 17.3 Å². The van der Waals surface area contributed by atoms with Crippen LogP contribution in [0.5, 0.6) is 0 Å². The molecule has 1 aromatic carbocycles. The van der Waals surface area contributed by atoms with Crippen molar-refractivity contribution < 1.29 is 0 Å². The summed E-state index contributed by atoms with van der Waals surface area (Å²) < 4.78 is 0. The molecule has 3 heteroatoms. The van der Waals surface area contributed by atoms with Crippen LogP contribution in [-0.2, 0) is 13.0 Å². The van der Waals surface area contributed by atoms with Crippen molar-refractivity contribution in [2.24, 2.45) is 11.7 Å². The highest BCUT2D eigenvalue weighted by Crippen LogP contribution is 2.26. The number of aryl methyl sites for hydroxylation is 1. The van der Waals surface area contributed by atoms with Gasteiger partial charge in [0.05, 0.1) is 0 Å². The molecule has 1 atom stereocenters. The Balaban J connectivity index is 1.99. The monoisotopic (exact) mass is 280 g/mol. The van der Waals surface area contributed by atoms with Crippen molar-refractivity contribution in [1.29, 1.82) is 0 Å². The van der Waals surface area contributed by atoms with E-state index in [2.05, 4.69) is 24.8 Å². The first-order valence-electron chi connectivity index (χ1n) is 7.36. The number of nitrogens with two attached hydrogens (primary N) is 1. The van der Waals surface area contributed by atoms with E-state index in [0.717, 1.165) is 31.1 Å². The summed E-state index contributed by atoms with van der Waals surface area (Å²) in [4.78, 5) is 2.51. The van der Waals surface area contributed by atoms with Gasteiger partial charge in [-0.05, 0) is 62.4 Å². The van der Waals surface area contributed by atoms with Gasteiger partial charge in [-0.25, -0.2) is 0 Å². The second-order valence-electron chi connectivity index (χ2n) is 5.70. The van der Waals surface area contributed by atoms with Crippen molar-refractivity contribution in [3.63, 3.8) is 0 Å². The fraction of sp³-hybridized carbons (Fsp3) is 0.625. The summed E-state index contributed by atoms with van der Waals surface area (Å²) in [5.41, 5.74) is 8.68. The molecule has 2 rings (SSSR count). The Labute approximate surface area is 121 Å². The van der Waals surface area contributed by atoms with Crippen LogP contribution in [0.2, 0.25) is 5.02 Å². The Bertz CT molecular complexity index is 409. The standard InChI is InChI=1S/C16H25ClN2/c1-3-13-5-4-6-16(17)15(13)11-19-9-7-14(8-10-19)12(2)18/h4-6,12,14H,3,7-11,18H2,1-2H3. The predicted octanol–water partition coefficient (Wildman–Crippen LogP) is 3.46. The van der Waals surface area contributed by atoms with E-state index in [-0.39, 0.29) is 0 Å². The van der Waals surface area contributed by atoms with Gasteiger partial charge in [-0.3, -0.25) is 4.90 Å². The van der Waals surface area contributed by atoms with Crippen LogP contribution in [-0.4, -0.2) is 24.0 Å². The van der Waals surface area contributed by atoms with Gasteiger partial charge in [0, 0.05) is 17.6 Å². The smallest absolute Gasteiger partial charge is 0.0453 e. The first-order valence-corrected chi connectivity index (χ1v) is 7.73. The van der Waals surface area contributed by atoms with E-state index in [1.54, 1.807) is 0 Å². The molecule has 1 unspecified atom stereocenters. The normalized spacial score (nSPS) is 19.6. The van der Waals surface area contributed by atoms with Crippen LogP contribution in [0.1, 0.15) is 37.8 Å². The van der Waals surface area contributed by atoms with Gasteiger partial charge in [0.1, 0.15) is 0 Å². The molecule has 19 heavy (non-hydrogen) atoms. The second kappa shape index (κ2) is 6.74.